The van der Waals surface area contributed by atoms with Crippen LogP contribution in [0.1, 0.15) is 54.4 Å². The molecule has 2 aromatic heterocycles. The number of aromatic nitrogens is 3. The van der Waals surface area contributed by atoms with Gasteiger partial charge in [-0.15, -0.1) is 0 Å². The van der Waals surface area contributed by atoms with Crippen molar-refractivity contribution in [3.05, 3.63) is 59.0 Å². The lowest BCUT2D eigenvalue weighted by atomic mass is 10.1. The summed E-state index contributed by atoms with van der Waals surface area (Å²) in [7, 11) is 0. The van der Waals surface area contributed by atoms with Crippen LogP contribution in [0.5, 0.6) is 0 Å². The molecular weight excluding hydrogens is 340 g/mol. The van der Waals surface area contributed by atoms with E-state index in [2.05, 4.69) is 15.5 Å². The summed E-state index contributed by atoms with van der Waals surface area (Å²) in [5.41, 5.74) is 3.94. The Morgan fingerprint density at radius 1 is 1.30 bits per heavy atom. The van der Waals surface area contributed by atoms with Gasteiger partial charge >= 0.3 is 0 Å². The van der Waals surface area contributed by atoms with Crippen LogP contribution in [0.4, 0.5) is 0 Å². The number of aryl methyl sites for hydroxylation is 2. The van der Waals surface area contributed by atoms with Gasteiger partial charge in [-0.1, -0.05) is 35.5 Å². The molecule has 0 aliphatic heterocycles. The molecule has 27 heavy (non-hydrogen) atoms. The summed E-state index contributed by atoms with van der Waals surface area (Å²) in [5, 5.41) is 7.18. The maximum absolute atomic E-state index is 12.7. The van der Waals surface area contributed by atoms with E-state index >= 15 is 0 Å². The molecule has 1 aliphatic carbocycles. The van der Waals surface area contributed by atoms with Crippen molar-refractivity contribution in [3.8, 4) is 11.6 Å². The molecule has 1 aromatic carbocycles. The number of carbonyl (C=O) groups excluding carboxylic acids is 1. The van der Waals surface area contributed by atoms with Gasteiger partial charge in [0.15, 0.2) is 5.82 Å². The molecule has 0 bridgehead atoms. The molecule has 0 saturated heterocycles. The molecule has 1 saturated carbocycles. The fourth-order valence-corrected chi connectivity index (χ4v) is 3.43. The van der Waals surface area contributed by atoms with Gasteiger partial charge in [0.25, 0.3) is 5.89 Å². The molecule has 140 valence electrons. The molecule has 1 amide bonds. The maximum Gasteiger partial charge on any atom is 0.274 e. The molecule has 0 spiro atoms. The third-order valence-corrected chi connectivity index (χ3v) is 5.06. The summed E-state index contributed by atoms with van der Waals surface area (Å²) < 4.78 is 7.46. The predicted octanol–water partition coefficient (Wildman–Crippen LogP) is 3.91. The van der Waals surface area contributed by atoms with Crippen LogP contribution in [0, 0.1) is 13.8 Å². The monoisotopic (exact) mass is 364 g/mol. The smallest absolute Gasteiger partial charge is 0.274 e. The summed E-state index contributed by atoms with van der Waals surface area (Å²) in [4.78, 5) is 17.2. The van der Waals surface area contributed by atoms with Crippen LogP contribution in [0.25, 0.3) is 11.6 Å². The molecule has 4 rings (SSSR count). The fraction of sp³-hybridized carbons (Fsp3) is 0.381. The summed E-state index contributed by atoms with van der Waals surface area (Å²) in [6, 6.07) is 11.9. The zero-order chi connectivity index (χ0) is 19.0. The zero-order valence-corrected chi connectivity index (χ0v) is 15.9. The Labute approximate surface area is 158 Å². The van der Waals surface area contributed by atoms with Crippen molar-refractivity contribution in [1.29, 1.82) is 0 Å². The van der Waals surface area contributed by atoms with Gasteiger partial charge in [-0.05, 0) is 50.8 Å². The van der Waals surface area contributed by atoms with Gasteiger partial charge in [0.2, 0.25) is 5.91 Å². The van der Waals surface area contributed by atoms with Gasteiger partial charge in [0.1, 0.15) is 12.2 Å². The quantitative estimate of drug-likeness (QED) is 0.720. The zero-order valence-electron chi connectivity index (χ0n) is 15.9. The Morgan fingerprint density at radius 3 is 2.74 bits per heavy atom. The number of hydrogen-bond acceptors (Lipinski definition) is 4. The van der Waals surface area contributed by atoms with E-state index in [0.29, 0.717) is 11.8 Å². The lowest BCUT2D eigenvalue weighted by Crippen LogP contribution is -2.30. The van der Waals surface area contributed by atoms with Crippen molar-refractivity contribution >= 4 is 5.91 Å². The maximum atomic E-state index is 12.7. The first-order chi connectivity index (χ1) is 13.0. The molecule has 1 fully saturated rings. The number of hydrogen-bond donors (Lipinski definition) is 1. The standard InChI is InChI=1S/C21H24N4O2/c1-13-11-14(2)25(19(13)21-23-20(24-27-21)17-9-10-17)12-18(26)22-15(3)16-7-5-4-6-8-16/h4-8,11,15,17H,9-10,12H2,1-3H3,(H,22,26). The predicted molar refractivity (Wildman–Crippen MR) is 102 cm³/mol. The molecular formula is C21H24N4O2. The van der Waals surface area contributed by atoms with E-state index in [1.54, 1.807) is 0 Å². The van der Waals surface area contributed by atoms with Gasteiger partial charge in [0, 0.05) is 11.6 Å². The highest BCUT2D eigenvalue weighted by Gasteiger charge is 2.30. The van der Waals surface area contributed by atoms with E-state index in [-0.39, 0.29) is 18.5 Å². The topological polar surface area (TPSA) is 73.0 Å². The van der Waals surface area contributed by atoms with E-state index in [4.69, 9.17) is 4.52 Å². The minimum absolute atomic E-state index is 0.0479. The van der Waals surface area contributed by atoms with Crippen molar-refractivity contribution < 1.29 is 9.32 Å². The fourth-order valence-electron chi connectivity index (χ4n) is 3.43. The number of benzene rings is 1. The largest absolute Gasteiger partial charge is 0.348 e. The summed E-state index contributed by atoms with van der Waals surface area (Å²) in [6.07, 6.45) is 2.25. The number of nitrogens with zero attached hydrogens (tertiary/aromatic N) is 3. The molecule has 1 N–H and O–H groups in total. The molecule has 6 heteroatoms. The third kappa shape index (κ3) is 3.65. The van der Waals surface area contributed by atoms with E-state index in [1.165, 1.54) is 0 Å². The minimum atomic E-state index is -0.0519. The second kappa shape index (κ2) is 7.02. The Hall–Kier alpha value is -2.89. The molecule has 1 atom stereocenters. The van der Waals surface area contributed by atoms with Crippen molar-refractivity contribution in [3.63, 3.8) is 0 Å². The second-order valence-corrected chi connectivity index (χ2v) is 7.34. The van der Waals surface area contributed by atoms with Gasteiger partial charge in [-0.25, -0.2) is 0 Å². The van der Waals surface area contributed by atoms with Crippen molar-refractivity contribution in [1.82, 2.24) is 20.0 Å². The SMILES string of the molecule is Cc1cc(C)n(CC(=O)NC(C)c2ccccc2)c1-c1nc(C2CC2)no1. The first kappa shape index (κ1) is 17.5. The molecule has 2 heterocycles. The number of carbonyl (C=O) groups is 1. The number of rotatable bonds is 6. The summed E-state index contributed by atoms with van der Waals surface area (Å²) >= 11 is 0. The van der Waals surface area contributed by atoms with Gasteiger partial charge in [0.05, 0.1) is 6.04 Å². The lowest BCUT2D eigenvalue weighted by Gasteiger charge is -2.16. The Bertz CT molecular complexity index is 954. The van der Waals surface area contributed by atoms with Crippen LogP contribution >= 0.6 is 0 Å². The molecule has 0 radical (unpaired) electrons. The Kier molecular flexibility index (Phi) is 4.56. The summed E-state index contributed by atoms with van der Waals surface area (Å²) in [5.74, 6) is 1.65. The average Bonchev–Trinajstić information content (AvgIpc) is 3.33. The molecule has 1 unspecified atom stereocenters. The average molecular weight is 364 g/mol. The molecule has 1 aliphatic rings. The highest BCUT2D eigenvalue weighted by molar-refractivity contribution is 5.77. The van der Waals surface area contributed by atoms with Crippen LogP contribution in [0.15, 0.2) is 40.9 Å². The number of nitrogens with one attached hydrogen (secondary N) is 1. The number of amides is 1. The second-order valence-electron chi connectivity index (χ2n) is 7.34. The first-order valence-electron chi connectivity index (χ1n) is 9.38. The highest BCUT2D eigenvalue weighted by Crippen LogP contribution is 2.39. The van der Waals surface area contributed by atoms with Crippen LogP contribution in [-0.2, 0) is 11.3 Å². The van der Waals surface area contributed by atoms with Crippen molar-refractivity contribution in [2.45, 2.75) is 52.1 Å². The Morgan fingerprint density at radius 2 is 2.04 bits per heavy atom. The van der Waals surface area contributed by atoms with Crippen molar-refractivity contribution in [2.75, 3.05) is 0 Å². The lowest BCUT2D eigenvalue weighted by molar-refractivity contribution is -0.122. The molecule has 3 aromatic rings. The summed E-state index contributed by atoms with van der Waals surface area (Å²) in [6.45, 7) is 6.20. The Balaban J connectivity index is 1.53. The first-order valence-corrected chi connectivity index (χ1v) is 9.38. The van der Waals surface area contributed by atoms with Crippen molar-refractivity contribution in [2.24, 2.45) is 0 Å². The van der Waals surface area contributed by atoms with E-state index in [1.807, 2.05) is 61.7 Å². The normalized spacial score (nSPS) is 14.9. The van der Waals surface area contributed by atoms with E-state index in [9.17, 15) is 4.79 Å². The minimum Gasteiger partial charge on any atom is -0.348 e. The highest BCUT2D eigenvalue weighted by atomic mass is 16.5. The van der Waals surface area contributed by atoms with Gasteiger partial charge in [-0.2, -0.15) is 4.98 Å². The van der Waals surface area contributed by atoms with Crippen LogP contribution < -0.4 is 5.32 Å². The van der Waals surface area contributed by atoms with Crippen LogP contribution in [0.3, 0.4) is 0 Å². The van der Waals surface area contributed by atoms with E-state index < -0.39 is 0 Å². The van der Waals surface area contributed by atoms with Gasteiger partial charge in [-0.3, -0.25) is 4.79 Å². The van der Waals surface area contributed by atoms with Crippen LogP contribution in [0.2, 0.25) is 0 Å². The van der Waals surface area contributed by atoms with Crippen LogP contribution in [-0.4, -0.2) is 20.6 Å². The van der Waals surface area contributed by atoms with E-state index in [0.717, 1.165) is 41.2 Å². The third-order valence-electron chi connectivity index (χ3n) is 5.06. The molecule has 6 nitrogen and oxygen atoms in total. The van der Waals surface area contributed by atoms with Gasteiger partial charge < -0.3 is 14.4 Å².